The number of carbonyl (C=O) groups excluding carboxylic acids is 2. The van der Waals surface area contributed by atoms with Crippen LogP contribution in [0.5, 0.6) is 0 Å². The van der Waals surface area contributed by atoms with Crippen molar-refractivity contribution in [3.05, 3.63) is 92.9 Å². The Bertz CT molecular complexity index is 1380. The molecule has 0 fully saturated rings. The largest absolute Gasteiger partial charge is 0.444 e. The van der Waals surface area contributed by atoms with E-state index >= 15 is 0 Å². The van der Waals surface area contributed by atoms with Crippen LogP contribution in [-0.4, -0.2) is 27.8 Å². The topological polar surface area (TPSA) is 77.4 Å². The number of ketones is 1. The first kappa shape index (κ1) is 28.1. The lowest BCUT2D eigenvalue weighted by atomic mass is 9.90. The SMILES string of the molecule is CCSCc1ccc(C(=O)c2ccc(F)cc2F)c(-c2cn(C)c(=O)cc2CNC(=O)OC(C)(C)C)c1. The monoisotopic (exact) mass is 528 g/mol. The third kappa shape index (κ3) is 7.29. The third-order valence-electron chi connectivity index (χ3n) is 5.40. The molecule has 0 unspecified atom stereocenters. The highest BCUT2D eigenvalue weighted by atomic mass is 32.2. The Kier molecular flexibility index (Phi) is 8.91. The quantitative estimate of drug-likeness (QED) is 0.372. The van der Waals surface area contributed by atoms with E-state index in [1.54, 1.807) is 57.9 Å². The summed E-state index contributed by atoms with van der Waals surface area (Å²) in [7, 11) is 1.58. The smallest absolute Gasteiger partial charge is 0.407 e. The normalized spacial score (nSPS) is 11.3. The highest BCUT2D eigenvalue weighted by molar-refractivity contribution is 7.98. The van der Waals surface area contributed by atoms with Crippen LogP contribution < -0.4 is 10.9 Å². The molecule has 0 saturated carbocycles. The van der Waals surface area contributed by atoms with Crippen molar-refractivity contribution in [2.45, 2.75) is 45.6 Å². The molecule has 37 heavy (non-hydrogen) atoms. The molecule has 1 N–H and O–H groups in total. The number of amides is 1. The molecule has 6 nitrogen and oxygen atoms in total. The number of ether oxygens (including phenoxy) is 1. The number of hydrogen-bond donors (Lipinski definition) is 1. The summed E-state index contributed by atoms with van der Waals surface area (Å²) in [4.78, 5) is 38.2. The summed E-state index contributed by atoms with van der Waals surface area (Å²) in [6, 6.07) is 9.43. The highest BCUT2D eigenvalue weighted by Gasteiger charge is 2.22. The summed E-state index contributed by atoms with van der Waals surface area (Å²) in [5.74, 6) is -0.798. The van der Waals surface area contributed by atoms with E-state index in [1.165, 1.54) is 10.6 Å². The summed E-state index contributed by atoms with van der Waals surface area (Å²) in [6.45, 7) is 7.22. The van der Waals surface area contributed by atoms with Gasteiger partial charge in [-0.3, -0.25) is 9.59 Å². The summed E-state index contributed by atoms with van der Waals surface area (Å²) in [6.07, 6.45) is 0.926. The number of nitrogens with one attached hydrogen (secondary N) is 1. The fourth-order valence-corrected chi connectivity index (χ4v) is 4.30. The molecule has 2 aromatic carbocycles. The molecule has 196 valence electrons. The van der Waals surface area contributed by atoms with Crippen LogP contribution in [0.1, 0.15) is 54.7 Å². The third-order valence-corrected chi connectivity index (χ3v) is 6.35. The van der Waals surface area contributed by atoms with Gasteiger partial charge < -0.3 is 14.6 Å². The molecule has 0 bridgehead atoms. The van der Waals surface area contributed by atoms with Gasteiger partial charge in [-0.2, -0.15) is 11.8 Å². The Hall–Kier alpha value is -3.46. The lowest BCUT2D eigenvalue weighted by Crippen LogP contribution is -2.32. The number of alkyl carbamates (subject to hydrolysis) is 1. The zero-order valence-corrected chi connectivity index (χ0v) is 22.3. The maximum Gasteiger partial charge on any atom is 0.407 e. The van der Waals surface area contributed by atoms with Gasteiger partial charge in [-0.15, -0.1) is 0 Å². The van der Waals surface area contributed by atoms with Crippen LogP contribution in [0.3, 0.4) is 0 Å². The Morgan fingerprint density at radius 2 is 1.73 bits per heavy atom. The number of carbonyl (C=O) groups is 2. The Balaban J connectivity index is 2.14. The number of hydrogen-bond acceptors (Lipinski definition) is 5. The standard InChI is InChI=1S/C28H30F2N2O4S/c1-6-37-16-17-7-9-20(26(34)21-10-8-19(29)13-24(21)30)22(11-17)23-15-32(5)25(33)12-18(23)14-31-27(35)36-28(2,3)4/h7-13,15H,6,14,16H2,1-5H3,(H,31,35). The highest BCUT2D eigenvalue weighted by Crippen LogP contribution is 2.31. The van der Waals surface area contributed by atoms with Crippen molar-refractivity contribution in [2.24, 2.45) is 7.05 Å². The summed E-state index contributed by atoms with van der Waals surface area (Å²) in [5, 5.41) is 2.66. The molecule has 0 aliphatic rings. The van der Waals surface area contributed by atoms with Crippen molar-refractivity contribution in [3.8, 4) is 11.1 Å². The zero-order chi connectivity index (χ0) is 27.3. The molecule has 9 heteroatoms. The number of benzene rings is 2. The summed E-state index contributed by atoms with van der Waals surface area (Å²) >= 11 is 1.69. The fraction of sp³-hybridized carbons (Fsp3) is 0.321. The van der Waals surface area contributed by atoms with Crippen LogP contribution in [0.4, 0.5) is 13.6 Å². The number of nitrogens with zero attached hydrogens (tertiary/aromatic N) is 1. The number of halogens is 2. The van der Waals surface area contributed by atoms with Crippen molar-refractivity contribution in [1.29, 1.82) is 0 Å². The second-order valence-corrected chi connectivity index (χ2v) is 10.8. The van der Waals surface area contributed by atoms with E-state index in [4.69, 9.17) is 4.74 Å². The minimum absolute atomic E-state index is 0.0349. The molecule has 0 aliphatic heterocycles. The van der Waals surface area contributed by atoms with Gasteiger partial charge in [0.2, 0.25) is 0 Å². The second kappa shape index (κ2) is 11.7. The van der Waals surface area contributed by atoms with Crippen molar-refractivity contribution in [2.75, 3.05) is 5.75 Å². The Morgan fingerprint density at radius 1 is 1.03 bits per heavy atom. The van der Waals surface area contributed by atoms with Crippen LogP contribution in [0.25, 0.3) is 11.1 Å². The number of aryl methyl sites for hydroxylation is 1. The van der Waals surface area contributed by atoms with E-state index in [2.05, 4.69) is 5.32 Å². The lowest BCUT2D eigenvalue weighted by Gasteiger charge is -2.20. The first-order chi connectivity index (χ1) is 17.4. The van der Waals surface area contributed by atoms with E-state index in [0.717, 1.165) is 23.4 Å². The molecule has 0 aliphatic carbocycles. The van der Waals surface area contributed by atoms with E-state index in [9.17, 15) is 23.2 Å². The van der Waals surface area contributed by atoms with Crippen LogP contribution in [-0.2, 0) is 24.1 Å². The molecule has 0 radical (unpaired) electrons. The van der Waals surface area contributed by atoms with Crippen molar-refractivity contribution in [3.63, 3.8) is 0 Å². The molecule has 1 heterocycles. The first-order valence-corrected chi connectivity index (χ1v) is 12.9. The molecular formula is C28H30F2N2O4S. The van der Waals surface area contributed by atoms with Crippen LogP contribution >= 0.6 is 11.8 Å². The maximum absolute atomic E-state index is 14.5. The van der Waals surface area contributed by atoms with Crippen LogP contribution in [0.2, 0.25) is 0 Å². The molecule has 1 amide bonds. The minimum atomic E-state index is -0.964. The van der Waals surface area contributed by atoms with Gasteiger partial charge in [-0.1, -0.05) is 19.1 Å². The summed E-state index contributed by atoms with van der Waals surface area (Å²) in [5.41, 5.74) is 1.29. The predicted octanol–water partition coefficient (Wildman–Crippen LogP) is 5.84. The van der Waals surface area contributed by atoms with E-state index in [0.29, 0.717) is 28.5 Å². The Morgan fingerprint density at radius 3 is 2.38 bits per heavy atom. The Labute approximate surface area is 219 Å². The minimum Gasteiger partial charge on any atom is -0.444 e. The number of pyridine rings is 1. The van der Waals surface area contributed by atoms with Gasteiger partial charge in [0.1, 0.15) is 17.2 Å². The lowest BCUT2D eigenvalue weighted by molar-refractivity contribution is 0.0523. The van der Waals surface area contributed by atoms with Crippen molar-refractivity contribution < 1.29 is 23.1 Å². The molecule has 3 aromatic rings. The molecular weight excluding hydrogens is 498 g/mol. The van der Waals surface area contributed by atoms with Crippen molar-refractivity contribution in [1.82, 2.24) is 9.88 Å². The van der Waals surface area contributed by atoms with Gasteiger partial charge >= 0.3 is 6.09 Å². The average molecular weight is 529 g/mol. The number of thioether (sulfide) groups is 1. The predicted molar refractivity (Wildman–Crippen MR) is 142 cm³/mol. The molecule has 0 atom stereocenters. The summed E-state index contributed by atoms with van der Waals surface area (Å²) < 4.78 is 34.7. The van der Waals surface area contributed by atoms with Crippen LogP contribution in [0.15, 0.2) is 53.5 Å². The fourth-order valence-electron chi connectivity index (χ4n) is 3.68. The first-order valence-electron chi connectivity index (χ1n) is 11.8. The van der Waals surface area contributed by atoms with E-state index in [1.807, 2.05) is 13.0 Å². The van der Waals surface area contributed by atoms with Gasteiger partial charge in [0, 0.05) is 48.8 Å². The van der Waals surface area contributed by atoms with Gasteiger partial charge in [-0.05, 0) is 61.4 Å². The maximum atomic E-state index is 14.5. The van der Waals surface area contributed by atoms with Crippen LogP contribution in [0, 0.1) is 11.6 Å². The molecule has 3 rings (SSSR count). The van der Waals surface area contributed by atoms with Crippen molar-refractivity contribution >= 4 is 23.6 Å². The molecule has 0 spiro atoms. The van der Waals surface area contributed by atoms with Gasteiger partial charge in [0.05, 0.1) is 5.56 Å². The zero-order valence-electron chi connectivity index (χ0n) is 21.5. The molecule has 0 saturated heterocycles. The van der Waals surface area contributed by atoms with Gasteiger partial charge in [-0.25, -0.2) is 13.6 Å². The average Bonchev–Trinajstić information content (AvgIpc) is 2.81. The number of rotatable bonds is 8. The molecule has 1 aromatic heterocycles. The van der Waals surface area contributed by atoms with Gasteiger partial charge in [0.15, 0.2) is 5.78 Å². The second-order valence-electron chi connectivity index (χ2n) is 9.49. The van der Waals surface area contributed by atoms with E-state index < -0.39 is 29.1 Å². The van der Waals surface area contributed by atoms with E-state index in [-0.39, 0.29) is 23.2 Å². The van der Waals surface area contributed by atoms with Gasteiger partial charge in [0.25, 0.3) is 5.56 Å². The number of aromatic nitrogens is 1.